The summed E-state index contributed by atoms with van der Waals surface area (Å²) >= 11 is 3.64. The Balaban J connectivity index is 0.000000310. The number of halogens is 14. The molecule has 4 aromatic heterocycles. The van der Waals surface area contributed by atoms with Gasteiger partial charge >= 0.3 is 120 Å². The standard InChI is InChI=1S/C22H14N4.2C10H14.2ClH.2F6P.2Ru/c1-5-13-17(14-6-2-10-24-20(14)19(13)23-9-1)18-15-7-3-11-25-21(15)22-16(18)8-4-12-26-22;2*1-8(2)10-6-4-9(3)5-7-10;;;2*1-7(2,3,4,5)6;;/h1-12,17-18H;2*4-8H,1-3H3;2*1H;;;;/q;;;;;2*-1;2*+2/p-2. The Morgan fingerprint density at radius 2 is 0.578 bits per heavy atom. The van der Waals surface area contributed by atoms with Crippen molar-refractivity contribution in [1.82, 2.24) is 19.9 Å². The number of benzene rings is 2. The fraction of sp³-hybridized carbons (Fsp3) is 0.238. The normalized spacial score (nSPS) is 14.4. The molecule has 0 atom stereocenters. The minimum absolute atomic E-state index is 0.177. The molecule has 0 bridgehead atoms. The number of aromatic nitrogens is 4. The minimum Gasteiger partial charge on any atom is -0.254 e. The maximum absolute atomic E-state index is 10.7. The molecule has 2 aliphatic carbocycles. The molecule has 2 aliphatic rings. The van der Waals surface area contributed by atoms with Gasteiger partial charge in [-0.1, -0.05) is 112 Å². The molecule has 4 nitrogen and oxygen atoms in total. The summed E-state index contributed by atoms with van der Waals surface area (Å²) in [5.41, 5.74) is 14.4. The second-order valence-electron chi connectivity index (χ2n) is 14.8. The van der Waals surface area contributed by atoms with Crippen molar-refractivity contribution in [2.45, 2.75) is 65.2 Å². The Labute approximate surface area is 392 Å². The van der Waals surface area contributed by atoms with Crippen molar-refractivity contribution in [3.05, 3.63) is 166 Å². The van der Waals surface area contributed by atoms with Crippen molar-refractivity contribution < 1.29 is 85.0 Å². The second kappa shape index (κ2) is 21.2. The molecular formula is C42H42Cl2F12N4P2Ru2. The van der Waals surface area contributed by atoms with Gasteiger partial charge in [-0.05, 0) is 83.3 Å². The summed E-state index contributed by atoms with van der Waals surface area (Å²) in [7, 11) is -12.2. The molecule has 0 radical (unpaired) electrons. The van der Waals surface area contributed by atoms with Gasteiger partial charge in [0.05, 0.1) is 22.8 Å². The van der Waals surface area contributed by atoms with Crippen LogP contribution in [0.3, 0.4) is 0 Å². The van der Waals surface area contributed by atoms with Gasteiger partial charge in [0.1, 0.15) is 0 Å². The van der Waals surface area contributed by atoms with Crippen LogP contribution in [0.4, 0.5) is 50.4 Å². The molecule has 6 aromatic rings. The summed E-state index contributed by atoms with van der Waals surface area (Å²) in [6.07, 6.45) is 7.39. The van der Waals surface area contributed by atoms with Crippen molar-refractivity contribution in [3.8, 4) is 22.8 Å². The van der Waals surface area contributed by atoms with Crippen LogP contribution in [0.2, 0.25) is 0 Å². The Hall–Kier alpha value is -3.11. The van der Waals surface area contributed by atoms with Crippen molar-refractivity contribution in [3.63, 3.8) is 0 Å². The summed E-state index contributed by atoms with van der Waals surface area (Å²) in [4.78, 5) is 18.6. The van der Waals surface area contributed by atoms with Crippen LogP contribution in [-0.4, -0.2) is 19.9 Å². The third kappa shape index (κ3) is 21.0. The van der Waals surface area contributed by atoms with E-state index in [-0.39, 0.29) is 11.8 Å². The third-order valence-electron chi connectivity index (χ3n) is 8.97. The Morgan fingerprint density at radius 3 is 0.750 bits per heavy atom. The summed E-state index contributed by atoms with van der Waals surface area (Å²) in [6, 6.07) is 34.2. The summed E-state index contributed by atoms with van der Waals surface area (Å²) in [6.45, 7) is 13.1. The van der Waals surface area contributed by atoms with Crippen LogP contribution < -0.4 is 0 Å². The van der Waals surface area contributed by atoms with Crippen molar-refractivity contribution in [1.29, 1.82) is 0 Å². The number of aryl methyl sites for hydroxylation is 2. The molecule has 64 heavy (non-hydrogen) atoms. The van der Waals surface area contributed by atoms with Gasteiger partial charge in [0, 0.05) is 36.6 Å². The van der Waals surface area contributed by atoms with E-state index in [0.29, 0.717) is 11.8 Å². The molecule has 0 N–H and O–H groups in total. The Kier molecular flexibility index (Phi) is 18.9. The van der Waals surface area contributed by atoms with Crippen LogP contribution in [0.25, 0.3) is 22.8 Å². The molecule has 354 valence electrons. The van der Waals surface area contributed by atoms with Crippen LogP contribution >= 0.6 is 35.0 Å². The minimum atomic E-state index is -10.7. The number of fused-ring (bicyclic) bond motifs is 6. The van der Waals surface area contributed by atoms with Crippen molar-refractivity contribution in [2.24, 2.45) is 0 Å². The Morgan fingerprint density at radius 1 is 0.391 bits per heavy atom. The Bertz CT molecular complexity index is 2150. The quantitative estimate of drug-likeness (QED) is 0.101. The van der Waals surface area contributed by atoms with Crippen LogP contribution in [0.1, 0.15) is 95.9 Å². The average molecular weight is 1170 g/mol. The molecule has 0 saturated heterocycles. The van der Waals surface area contributed by atoms with E-state index in [4.69, 9.17) is 0 Å². The zero-order valence-electron chi connectivity index (χ0n) is 34.5. The maximum Gasteiger partial charge on any atom is 0.0927 e. The fourth-order valence-electron chi connectivity index (χ4n) is 6.42. The van der Waals surface area contributed by atoms with Crippen LogP contribution in [0.5, 0.6) is 0 Å². The van der Waals surface area contributed by atoms with E-state index in [1.165, 1.54) is 44.5 Å². The van der Waals surface area contributed by atoms with Gasteiger partial charge in [-0.15, -0.1) is 0 Å². The maximum atomic E-state index is 9.87. The van der Waals surface area contributed by atoms with E-state index < -0.39 is 15.6 Å². The molecule has 2 aromatic carbocycles. The van der Waals surface area contributed by atoms with E-state index in [0.717, 1.165) is 22.8 Å². The zero-order chi connectivity index (χ0) is 49.0. The van der Waals surface area contributed by atoms with Crippen molar-refractivity contribution in [2.75, 3.05) is 0 Å². The summed E-state index contributed by atoms with van der Waals surface area (Å²) in [5.74, 6) is 1.66. The largest absolute Gasteiger partial charge is 0.254 e. The number of pyridine rings is 4. The number of hydrogen-bond donors (Lipinski definition) is 0. The molecule has 0 saturated carbocycles. The predicted molar refractivity (Wildman–Crippen MR) is 228 cm³/mol. The van der Waals surface area contributed by atoms with E-state index >= 15 is 0 Å². The van der Waals surface area contributed by atoms with Crippen LogP contribution in [0, 0.1) is 13.8 Å². The molecule has 8 rings (SSSR count). The monoisotopic (exact) mass is 1170 g/mol. The zero-order valence-corrected chi connectivity index (χ0v) is 41.3. The first-order valence-corrected chi connectivity index (χ1v) is 27.1. The summed E-state index contributed by atoms with van der Waals surface area (Å²) in [5, 5.41) is 0. The molecule has 0 amide bonds. The smallest absolute Gasteiger partial charge is 0.0927 e. The molecule has 0 unspecified atom stereocenters. The van der Waals surface area contributed by atoms with Gasteiger partial charge in [-0.25, -0.2) is 0 Å². The number of hydrogen-bond acceptors (Lipinski definition) is 4. The first-order valence-electron chi connectivity index (χ1n) is 18.6. The molecule has 4 heterocycles. The summed E-state index contributed by atoms with van der Waals surface area (Å²) < 4.78 is 118. The predicted octanol–water partition coefficient (Wildman–Crippen LogP) is 18.6. The van der Waals surface area contributed by atoms with Gasteiger partial charge in [0.25, 0.3) is 0 Å². The second-order valence-corrected chi connectivity index (χ2v) is 18.6. The van der Waals surface area contributed by atoms with E-state index in [2.05, 4.69) is 154 Å². The molecular weight excluding hydrogens is 1120 g/mol. The first-order chi connectivity index (χ1) is 29.2. The van der Waals surface area contributed by atoms with Gasteiger partial charge in [0.15, 0.2) is 0 Å². The number of rotatable bonds is 3. The van der Waals surface area contributed by atoms with Gasteiger partial charge in [0.2, 0.25) is 0 Å². The van der Waals surface area contributed by atoms with E-state index in [1.54, 1.807) is 0 Å². The SMILES string of the molecule is Cc1ccc(C(C)C)cc1.Cc1ccc(C(C)C)cc1.F[P-](F)(F)(F)(F)F.F[P-](F)(F)(F)(F)F.[Cl][Ru+].[Cl][Ru+].c1cnc2c(c1)C(C1c3cccnc3-c3ncccc31)c1cccnc1-2. The molecule has 0 aliphatic heterocycles. The van der Waals surface area contributed by atoms with Crippen molar-refractivity contribution >= 4 is 35.0 Å². The molecule has 0 fully saturated rings. The topological polar surface area (TPSA) is 51.6 Å². The third-order valence-corrected chi connectivity index (χ3v) is 8.97. The van der Waals surface area contributed by atoms with Crippen LogP contribution in [-0.2, 0) is 34.6 Å². The van der Waals surface area contributed by atoms with Gasteiger partial charge < -0.3 is 0 Å². The van der Waals surface area contributed by atoms with E-state index in [1.807, 2.05) is 83.7 Å². The van der Waals surface area contributed by atoms with E-state index in [9.17, 15) is 50.4 Å². The first kappa shape index (κ1) is 57.0. The molecule has 0 spiro atoms. The van der Waals surface area contributed by atoms with Crippen LogP contribution in [0.15, 0.2) is 122 Å². The average Bonchev–Trinajstić information content (AvgIpc) is 3.70. The van der Waals surface area contributed by atoms with Gasteiger partial charge in [-0.2, -0.15) is 0 Å². The molecule has 22 heteroatoms. The number of nitrogens with zero attached hydrogens (tertiary/aromatic N) is 4. The fourth-order valence-corrected chi connectivity index (χ4v) is 6.42. The van der Waals surface area contributed by atoms with Gasteiger partial charge in [-0.3, -0.25) is 19.9 Å².